The number of nitrogens with two attached hydrogens (primary N) is 1. The molecular formula is C19H29F3N2O2. The zero-order chi connectivity index (χ0) is 20.8. The number of hydrogen-bond donors (Lipinski definition) is 3. The summed E-state index contributed by atoms with van der Waals surface area (Å²) in [6, 6.07) is 6.49. The smallest absolute Gasteiger partial charge is 0.416 e. The maximum absolute atomic E-state index is 12.8. The van der Waals surface area contributed by atoms with Gasteiger partial charge in [0.2, 0.25) is 0 Å². The Kier molecular flexibility index (Phi) is 13.9. The minimum atomic E-state index is -4.61. The quantitative estimate of drug-likeness (QED) is 0.455. The first kappa shape index (κ1) is 26.0. The predicted octanol–water partition coefficient (Wildman–Crippen LogP) is 5.48. The van der Waals surface area contributed by atoms with Crippen LogP contribution < -0.4 is 11.1 Å². The van der Waals surface area contributed by atoms with Gasteiger partial charge in [0.15, 0.2) is 0 Å². The van der Waals surface area contributed by atoms with E-state index < -0.39 is 23.4 Å². The van der Waals surface area contributed by atoms with E-state index >= 15 is 0 Å². The van der Waals surface area contributed by atoms with E-state index in [1.165, 1.54) is 6.92 Å². The maximum atomic E-state index is 12.8. The fourth-order valence-corrected chi connectivity index (χ4v) is 1.71. The fourth-order valence-electron chi connectivity index (χ4n) is 1.71. The second-order valence-corrected chi connectivity index (χ2v) is 4.46. The number of rotatable bonds is 6. The topological polar surface area (TPSA) is 75.3 Å². The Bertz CT molecular complexity index is 595. The van der Waals surface area contributed by atoms with E-state index in [0.29, 0.717) is 11.8 Å². The summed E-state index contributed by atoms with van der Waals surface area (Å²) in [6.45, 7) is 9.78. The Labute approximate surface area is 153 Å². The first-order valence-electron chi connectivity index (χ1n) is 8.56. The van der Waals surface area contributed by atoms with Gasteiger partial charge in [-0.2, -0.15) is 13.2 Å². The van der Waals surface area contributed by atoms with Gasteiger partial charge in [-0.05, 0) is 30.2 Å². The highest BCUT2D eigenvalue weighted by atomic mass is 19.4. The Morgan fingerprint density at radius 2 is 1.81 bits per heavy atom. The van der Waals surface area contributed by atoms with Crippen LogP contribution in [0.1, 0.15) is 46.6 Å². The van der Waals surface area contributed by atoms with Crippen molar-refractivity contribution in [3.8, 4) is 0 Å². The van der Waals surface area contributed by atoms with E-state index in [1.54, 1.807) is 24.3 Å². The summed E-state index contributed by atoms with van der Waals surface area (Å²) in [7, 11) is 0. The number of anilines is 1. The Hall–Kier alpha value is -2.28. The molecule has 0 bridgehead atoms. The highest BCUT2D eigenvalue weighted by Crippen LogP contribution is 2.28. The molecule has 0 amide bonds. The van der Waals surface area contributed by atoms with Crippen LogP contribution in [0.25, 0.3) is 0 Å². The second-order valence-electron chi connectivity index (χ2n) is 4.46. The van der Waals surface area contributed by atoms with Crippen LogP contribution in [-0.4, -0.2) is 17.3 Å². The summed E-state index contributed by atoms with van der Waals surface area (Å²) in [5, 5.41) is 11.6. The molecule has 0 spiro atoms. The van der Waals surface area contributed by atoms with Gasteiger partial charge in [-0.25, -0.2) is 4.79 Å². The SMILES string of the molecule is CC.CC.CC/C=C(/C=C(\Nc1cccc(CN)c1)C(=O)O)C(F)(F)F. The Balaban J connectivity index is 0. The van der Waals surface area contributed by atoms with Crippen molar-refractivity contribution >= 4 is 11.7 Å². The van der Waals surface area contributed by atoms with Gasteiger partial charge >= 0.3 is 12.1 Å². The molecule has 0 aliphatic rings. The van der Waals surface area contributed by atoms with Gasteiger partial charge in [-0.1, -0.05) is 52.8 Å². The zero-order valence-corrected chi connectivity index (χ0v) is 15.9. The summed E-state index contributed by atoms with van der Waals surface area (Å²) in [5.41, 5.74) is 4.99. The van der Waals surface area contributed by atoms with Crippen LogP contribution in [0.15, 0.2) is 47.7 Å². The number of benzene rings is 1. The summed E-state index contributed by atoms with van der Waals surface area (Å²) < 4.78 is 38.5. The van der Waals surface area contributed by atoms with E-state index in [9.17, 15) is 18.0 Å². The third-order valence-electron chi connectivity index (χ3n) is 2.72. The molecular weight excluding hydrogens is 345 g/mol. The van der Waals surface area contributed by atoms with Crippen LogP contribution in [0.5, 0.6) is 0 Å². The summed E-state index contributed by atoms with van der Waals surface area (Å²) in [5.74, 6) is -1.48. The lowest BCUT2D eigenvalue weighted by Crippen LogP contribution is -2.16. The van der Waals surface area contributed by atoms with Crippen LogP contribution in [-0.2, 0) is 11.3 Å². The Morgan fingerprint density at radius 1 is 1.23 bits per heavy atom. The molecule has 1 aromatic rings. The molecule has 0 fully saturated rings. The van der Waals surface area contributed by atoms with E-state index in [2.05, 4.69) is 5.32 Å². The van der Waals surface area contributed by atoms with Crippen LogP contribution in [0.4, 0.5) is 18.9 Å². The number of hydrogen-bond acceptors (Lipinski definition) is 3. The van der Waals surface area contributed by atoms with E-state index in [4.69, 9.17) is 10.8 Å². The second kappa shape index (κ2) is 13.9. The van der Waals surface area contributed by atoms with Crippen molar-refractivity contribution in [2.75, 3.05) is 5.32 Å². The maximum Gasteiger partial charge on any atom is 0.416 e. The molecule has 0 aliphatic carbocycles. The number of carboxylic acids is 1. The van der Waals surface area contributed by atoms with Crippen molar-refractivity contribution in [3.05, 3.63) is 53.3 Å². The number of halogens is 3. The summed E-state index contributed by atoms with van der Waals surface area (Å²) in [4.78, 5) is 11.2. The Morgan fingerprint density at radius 3 is 2.23 bits per heavy atom. The van der Waals surface area contributed by atoms with Crippen molar-refractivity contribution < 1.29 is 23.1 Å². The van der Waals surface area contributed by atoms with Crippen LogP contribution >= 0.6 is 0 Å². The molecule has 0 aromatic heterocycles. The summed E-state index contributed by atoms with van der Waals surface area (Å²) >= 11 is 0. The first-order chi connectivity index (χ1) is 12.3. The average molecular weight is 374 g/mol. The minimum absolute atomic E-state index is 0.140. The van der Waals surface area contributed by atoms with E-state index in [-0.39, 0.29) is 13.0 Å². The number of aliphatic carboxylic acids is 1. The molecule has 0 saturated carbocycles. The van der Waals surface area contributed by atoms with Crippen LogP contribution in [0.2, 0.25) is 0 Å². The molecule has 0 unspecified atom stereocenters. The van der Waals surface area contributed by atoms with Crippen molar-refractivity contribution in [2.24, 2.45) is 5.73 Å². The van der Waals surface area contributed by atoms with Gasteiger partial charge < -0.3 is 16.2 Å². The van der Waals surface area contributed by atoms with E-state index in [0.717, 1.165) is 11.6 Å². The van der Waals surface area contributed by atoms with Gasteiger partial charge in [-0.15, -0.1) is 0 Å². The average Bonchev–Trinajstić information content (AvgIpc) is 2.63. The lowest BCUT2D eigenvalue weighted by Gasteiger charge is -2.12. The normalized spacial score (nSPS) is 11.6. The number of carboxylic acid groups (broad SMARTS) is 1. The van der Waals surface area contributed by atoms with Crippen LogP contribution in [0, 0.1) is 0 Å². The van der Waals surface area contributed by atoms with Crippen molar-refractivity contribution in [1.82, 2.24) is 0 Å². The van der Waals surface area contributed by atoms with Gasteiger partial charge in [-0.3, -0.25) is 0 Å². The lowest BCUT2D eigenvalue weighted by atomic mass is 10.1. The van der Waals surface area contributed by atoms with Gasteiger partial charge in [0.05, 0.1) is 5.57 Å². The molecule has 0 heterocycles. The predicted molar refractivity (Wildman–Crippen MR) is 101 cm³/mol. The highest BCUT2D eigenvalue weighted by Gasteiger charge is 2.32. The molecule has 0 atom stereocenters. The van der Waals surface area contributed by atoms with Crippen molar-refractivity contribution in [2.45, 2.75) is 53.8 Å². The van der Waals surface area contributed by atoms with Crippen molar-refractivity contribution in [1.29, 1.82) is 0 Å². The molecule has 4 nitrogen and oxygen atoms in total. The van der Waals surface area contributed by atoms with Gasteiger partial charge in [0.1, 0.15) is 5.70 Å². The van der Waals surface area contributed by atoms with Gasteiger partial charge in [0.25, 0.3) is 0 Å². The first-order valence-corrected chi connectivity index (χ1v) is 8.56. The standard InChI is InChI=1S/C15H17F3N2O2.2C2H6/c1-2-4-11(15(16,17)18)8-13(14(21)22)20-12-6-3-5-10(7-12)9-19;2*1-2/h3-8,20H,2,9,19H2,1H3,(H,21,22);2*1-2H3/b11-4-,13-8-;;. The molecule has 26 heavy (non-hydrogen) atoms. The molecule has 0 aliphatic heterocycles. The molecule has 4 N–H and O–H groups in total. The number of alkyl halides is 3. The van der Waals surface area contributed by atoms with Gasteiger partial charge in [0, 0.05) is 12.2 Å². The molecule has 1 rings (SSSR count). The highest BCUT2D eigenvalue weighted by molar-refractivity contribution is 5.91. The number of nitrogens with one attached hydrogen (secondary N) is 1. The third-order valence-corrected chi connectivity index (χ3v) is 2.72. The summed E-state index contributed by atoms with van der Waals surface area (Å²) in [6.07, 6.45) is -2.96. The van der Waals surface area contributed by atoms with E-state index in [1.807, 2.05) is 27.7 Å². The van der Waals surface area contributed by atoms with Crippen molar-refractivity contribution in [3.63, 3.8) is 0 Å². The molecule has 0 saturated heterocycles. The largest absolute Gasteiger partial charge is 0.477 e. The molecule has 148 valence electrons. The minimum Gasteiger partial charge on any atom is -0.477 e. The lowest BCUT2D eigenvalue weighted by molar-refractivity contribution is -0.132. The number of allylic oxidation sites excluding steroid dienone is 3. The monoisotopic (exact) mass is 374 g/mol. The molecule has 1 aromatic carbocycles. The fraction of sp³-hybridized carbons (Fsp3) is 0.421. The molecule has 0 radical (unpaired) electrons. The third kappa shape index (κ3) is 9.88. The molecule has 7 heteroatoms. The van der Waals surface area contributed by atoms with Crippen LogP contribution in [0.3, 0.4) is 0 Å². The number of carbonyl (C=O) groups is 1. The zero-order valence-electron chi connectivity index (χ0n) is 15.9.